The summed E-state index contributed by atoms with van der Waals surface area (Å²) in [5, 5.41) is 20.5. The SMILES string of the molecule is CCCCCCCCCCCCCCCCCCCCC(C(=O)O)C(O)CCCCCCCCCCCCCCCCCCCCCCCCCCCCCCCCC(=O)C(C)CCCCCCCCCCCCCCCCCC. The smallest absolute Gasteiger partial charge is 0.309 e. The van der Waals surface area contributed by atoms with E-state index in [2.05, 4.69) is 20.8 Å². The van der Waals surface area contributed by atoms with Gasteiger partial charge in [0.25, 0.3) is 0 Å². The first-order valence-corrected chi connectivity index (χ1v) is 37.9. The van der Waals surface area contributed by atoms with Gasteiger partial charge in [0, 0.05) is 12.3 Å². The van der Waals surface area contributed by atoms with Crippen LogP contribution >= 0.6 is 0 Å². The third kappa shape index (κ3) is 63.1. The lowest BCUT2D eigenvalue weighted by molar-refractivity contribution is -0.146. The number of aliphatic hydroxyl groups excluding tert-OH is 1. The minimum Gasteiger partial charge on any atom is -0.481 e. The molecule has 0 amide bonds. The third-order valence-corrected chi connectivity index (χ3v) is 18.9. The van der Waals surface area contributed by atoms with Crippen molar-refractivity contribution in [3.63, 3.8) is 0 Å². The molecule has 0 rings (SSSR count). The second-order valence-electron chi connectivity index (χ2n) is 26.9. The zero-order chi connectivity index (χ0) is 58.0. The van der Waals surface area contributed by atoms with E-state index in [-0.39, 0.29) is 5.92 Å². The van der Waals surface area contributed by atoms with Crippen LogP contribution in [-0.4, -0.2) is 28.1 Å². The minimum atomic E-state index is -0.803. The highest BCUT2D eigenvalue weighted by molar-refractivity contribution is 5.80. The average molecular weight is 1130 g/mol. The number of carbonyl (C=O) groups is 2. The van der Waals surface area contributed by atoms with E-state index >= 15 is 0 Å². The summed E-state index contributed by atoms with van der Waals surface area (Å²) in [7, 11) is 0. The van der Waals surface area contributed by atoms with Crippen LogP contribution in [0.1, 0.15) is 457 Å². The number of ketones is 1. The zero-order valence-electron chi connectivity index (χ0n) is 55.5. The quantitative estimate of drug-likeness (QED) is 0.0595. The van der Waals surface area contributed by atoms with Crippen LogP contribution in [0.4, 0.5) is 0 Å². The third-order valence-electron chi connectivity index (χ3n) is 18.9. The van der Waals surface area contributed by atoms with Crippen LogP contribution in [0.25, 0.3) is 0 Å². The molecule has 0 aromatic carbocycles. The molecule has 0 aliphatic heterocycles. The van der Waals surface area contributed by atoms with E-state index in [0.717, 1.165) is 44.9 Å². The zero-order valence-corrected chi connectivity index (χ0v) is 55.5. The van der Waals surface area contributed by atoms with Crippen LogP contribution in [0, 0.1) is 11.8 Å². The first-order chi connectivity index (χ1) is 39.4. The summed E-state index contributed by atoms with van der Waals surface area (Å²) >= 11 is 0. The minimum absolute atomic E-state index is 0.280. The Hall–Kier alpha value is -0.900. The number of carbonyl (C=O) groups excluding carboxylic acids is 1. The van der Waals surface area contributed by atoms with Gasteiger partial charge in [0.1, 0.15) is 5.78 Å². The van der Waals surface area contributed by atoms with E-state index in [1.54, 1.807) is 0 Å². The molecule has 0 aromatic rings. The van der Waals surface area contributed by atoms with Crippen molar-refractivity contribution >= 4 is 11.8 Å². The molecule has 80 heavy (non-hydrogen) atoms. The molecule has 3 atom stereocenters. The highest BCUT2D eigenvalue weighted by atomic mass is 16.4. The standard InChI is InChI=1S/C76H150O4/c1-4-6-8-10-12-14-16-18-20-22-37-41-45-49-53-57-61-65-69-73(76(79)80)75(78)71-67-63-59-55-51-47-43-39-36-34-32-30-28-26-24-23-25-27-29-31-33-35-38-42-46-50-54-58-62-66-70-74(77)72(3)68-64-60-56-52-48-44-40-21-19-17-15-13-11-9-7-5-2/h72-73,75,78H,4-71H2,1-3H3,(H,79,80). The lowest BCUT2D eigenvalue weighted by atomic mass is 9.91. The molecule has 0 radical (unpaired) electrons. The lowest BCUT2D eigenvalue weighted by Gasteiger charge is -2.19. The fraction of sp³-hybridized carbons (Fsp3) is 0.974. The summed E-state index contributed by atoms with van der Waals surface area (Å²) in [5.41, 5.74) is 0. The van der Waals surface area contributed by atoms with Crippen molar-refractivity contribution in [2.45, 2.75) is 463 Å². The van der Waals surface area contributed by atoms with Crippen LogP contribution in [0.3, 0.4) is 0 Å². The van der Waals surface area contributed by atoms with Gasteiger partial charge >= 0.3 is 5.97 Å². The summed E-state index contributed by atoms with van der Waals surface area (Å²) in [6.07, 6.45) is 90.1. The first kappa shape index (κ1) is 79.1. The molecule has 4 heteroatoms. The maximum atomic E-state index is 12.7. The van der Waals surface area contributed by atoms with E-state index in [1.165, 1.54) is 379 Å². The second kappa shape index (κ2) is 68.9. The van der Waals surface area contributed by atoms with Crippen LogP contribution < -0.4 is 0 Å². The van der Waals surface area contributed by atoms with Gasteiger partial charge in [0.15, 0.2) is 0 Å². The monoisotopic (exact) mass is 1130 g/mol. The van der Waals surface area contributed by atoms with Gasteiger partial charge in [-0.25, -0.2) is 0 Å². The van der Waals surface area contributed by atoms with E-state index in [1.807, 2.05) is 0 Å². The fourth-order valence-corrected chi connectivity index (χ4v) is 13.0. The van der Waals surface area contributed by atoms with Crippen molar-refractivity contribution in [1.29, 1.82) is 0 Å². The Labute approximate surface area is 504 Å². The number of carboxylic acid groups (broad SMARTS) is 1. The fourth-order valence-electron chi connectivity index (χ4n) is 13.0. The molecule has 4 nitrogen and oxygen atoms in total. The van der Waals surface area contributed by atoms with Gasteiger partial charge in [-0.3, -0.25) is 9.59 Å². The Morgan fingerprint density at radius 1 is 0.250 bits per heavy atom. The lowest BCUT2D eigenvalue weighted by Crippen LogP contribution is -2.28. The summed E-state index contributed by atoms with van der Waals surface area (Å²) in [5.74, 6) is -0.579. The van der Waals surface area contributed by atoms with Crippen LogP contribution in [-0.2, 0) is 9.59 Å². The molecule has 0 aromatic heterocycles. The predicted molar refractivity (Wildman–Crippen MR) is 357 cm³/mol. The van der Waals surface area contributed by atoms with Gasteiger partial charge in [-0.1, -0.05) is 425 Å². The van der Waals surface area contributed by atoms with Crippen molar-refractivity contribution in [3.8, 4) is 0 Å². The Morgan fingerprint density at radius 2 is 0.425 bits per heavy atom. The van der Waals surface area contributed by atoms with E-state index in [9.17, 15) is 19.8 Å². The summed E-state index contributed by atoms with van der Waals surface area (Å²) in [6, 6.07) is 0. The van der Waals surface area contributed by atoms with Crippen LogP contribution in [0.15, 0.2) is 0 Å². The van der Waals surface area contributed by atoms with Gasteiger partial charge in [0.2, 0.25) is 0 Å². The van der Waals surface area contributed by atoms with Crippen molar-refractivity contribution in [3.05, 3.63) is 0 Å². The highest BCUT2D eigenvalue weighted by Gasteiger charge is 2.25. The number of aliphatic hydroxyl groups is 1. The molecule has 0 saturated heterocycles. The molecule has 3 unspecified atom stereocenters. The van der Waals surface area contributed by atoms with Gasteiger partial charge in [-0.2, -0.15) is 0 Å². The molecule has 0 aliphatic rings. The molecule has 0 heterocycles. The van der Waals surface area contributed by atoms with Crippen LogP contribution in [0.2, 0.25) is 0 Å². The number of Topliss-reactive ketones (excluding diaryl/α,β-unsaturated/α-hetero) is 1. The molecule has 0 spiro atoms. The van der Waals surface area contributed by atoms with Crippen molar-refractivity contribution in [2.24, 2.45) is 11.8 Å². The number of unbranched alkanes of at least 4 members (excludes halogenated alkanes) is 61. The summed E-state index contributed by atoms with van der Waals surface area (Å²) < 4.78 is 0. The Balaban J connectivity index is 3.35. The maximum absolute atomic E-state index is 12.7. The summed E-state index contributed by atoms with van der Waals surface area (Å²) in [4.78, 5) is 24.6. The normalized spacial score (nSPS) is 12.9. The van der Waals surface area contributed by atoms with E-state index in [4.69, 9.17) is 0 Å². The molecule has 0 saturated carbocycles. The average Bonchev–Trinajstić information content (AvgIpc) is 3.45. The van der Waals surface area contributed by atoms with Crippen molar-refractivity contribution < 1.29 is 19.8 Å². The number of rotatable bonds is 72. The maximum Gasteiger partial charge on any atom is 0.309 e. The Bertz CT molecular complexity index is 1170. The Kier molecular flexibility index (Phi) is 68.1. The van der Waals surface area contributed by atoms with E-state index < -0.39 is 18.0 Å². The molecule has 0 fully saturated rings. The van der Waals surface area contributed by atoms with Gasteiger partial charge in [-0.15, -0.1) is 0 Å². The van der Waals surface area contributed by atoms with Gasteiger partial charge in [-0.05, 0) is 25.7 Å². The predicted octanol–water partition coefficient (Wildman–Crippen LogP) is 26.8. The highest BCUT2D eigenvalue weighted by Crippen LogP contribution is 2.24. The second-order valence-corrected chi connectivity index (χ2v) is 26.9. The molecule has 0 bridgehead atoms. The first-order valence-electron chi connectivity index (χ1n) is 37.9. The molecule has 0 aliphatic carbocycles. The molecular formula is C76H150O4. The van der Waals surface area contributed by atoms with Gasteiger partial charge in [0.05, 0.1) is 12.0 Å². The van der Waals surface area contributed by atoms with Crippen molar-refractivity contribution in [2.75, 3.05) is 0 Å². The largest absolute Gasteiger partial charge is 0.481 e. The number of hydrogen-bond donors (Lipinski definition) is 2. The van der Waals surface area contributed by atoms with Gasteiger partial charge < -0.3 is 10.2 Å². The van der Waals surface area contributed by atoms with E-state index in [0.29, 0.717) is 18.6 Å². The molecule has 2 N–H and O–H groups in total. The summed E-state index contributed by atoms with van der Waals surface area (Å²) in [6.45, 7) is 6.78. The van der Waals surface area contributed by atoms with Crippen molar-refractivity contribution in [1.82, 2.24) is 0 Å². The van der Waals surface area contributed by atoms with Crippen LogP contribution in [0.5, 0.6) is 0 Å². The molecular weight excluding hydrogens is 977 g/mol. The number of hydrogen-bond acceptors (Lipinski definition) is 3. The number of carboxylic acids is 1. The Morgan fingerprint density at radius 3 is 0.637 bits per heavy atom. The molecule has 478 valence electrons. The number of aliphatic carboxylic acids is 1. The topological polar surface area (TPSA) is 74.6 Å².